The lowest BCUT2D eigenvalue weighted by Gasteiger charge is -2.22. The number of benzene rings is 1. The largest absolute Gasteiger partial charge is 0.497 e. The third kappa shape index (κ3) is 1.39. The molecule has 0 saturated carbocycles. The summed E-state index contributed by atoms with van der Waals surface area (Å²) in [7, 11) is 1.60. The summed E-state index contributed by atoms with van der Waals surface area (Å²) >= 11 is 0. The zero-order chi connectivity index (χ0) is 10.1. The normalized spacial score (nSPS) is 19.3. The van der Waals surface area contributed by atoms with Gasteiger partial charge in [0.15, 0.2) is 5.75 Å². The molecule has 0 bridgehead atoms. The van der Waals surface area contributed by atoms with Crippen molar-refractivity contribution in [3.63, 3.8) is 0 Å². The smallest absolute Gasteiger partial charge is 0.333 e. The molecule has 0 fully saturated rings. The number of methoxy groups -OCH3 is 1. The number of carbonyl (C=O) groups excluding carboxylic acids is 1. The van der Waals surface area contributed by atoms with Gasteiger partial charge in [-0.05, 0) is 19.1 Å². The number of ether oxygens (including phenoxy) is 2. The van der Waals surface area contributed by atoms with Crippen molar-refractivity contribution in [3.8, 4) is 11.5 Å². The predicted octanol–water partition coefficient (Wildman–Crippen LogP) is 1.41. The lowest BCUT2D eigenvalue weighted by molar-refractivity contribution is -0.135. The number of rotatable bonds is 1. The average molecular weight is 193 g/mol. The van der Waals surface area contributed by atoms with Crippen LogP contribution >= 0.6 is 0 Å². The Kier molecular flexibility index (Phi) is 2.04. The van der Waals surface area contributed by atoms with Crippen molar-refractivity contribution in [2.45, 2.75) is 13.0 Å². The van der Waals surface area contributed by atoms with E-state index in [9.17, 15) is 4.79 Å². The number of fused-ring (bicyclic) bond motifs is 1. The molecule has 0 amide bonds. The maximum Gasteiger partial charge on any atom is 0.333 e. The van der Waals surface area contributed by atoms with Gasteiger partial charge in [0.25, 0.3) is 0 Å². The standard InChI is InChI=1S/C10H11NO3/c1-6-10(12)14-9-4-3-7(13-2)5-8(9)11-6/h3-6,11H,1-2H3. The van der Waals surface area contributed by atoms with Gasteiger partial charge in [-0.1, -0.05) is 0 Å². The summed E-state index contributed by atoms with van der Waals surface area (Å²) in [6, 6.07) is 4.96. The third-order valence-electron chi connectivity index (χ3n) is 2.12. The monoisotopic (exact) mass is 193 g/mol. The second-order valence-electron chi connectivity index (χ2n) is 3.15. The highest BCUT2D eigenvalue weighted by Crippen LogP contribution is 2.32. The van der Waals surface area contributed by atoms with Gasteiger partial charge in [-0.15, -0.1) is 0 Å². The van der Waals surface area contributed by atoms with Gasteiger partial charge in [-0.2, -0.15) is 0 Å². The molecular formula is C10H11NO3. The van der Waals surface area contributed by atoms with Gasteiger partial charge >= 0.3 is 5.97 Å². The molecule has 1 aromatic carbocycles. The molecule has 0 radical (unpaired) electrons. The molecule has 0 aliphatic carbocycles. The molecule has 4 nitrogen and oxygen atoms in total. The van der Waals surface area contributed by atoms with Crippen LogP contribution in [0.4, 0.5) is 5.69 Å². The van der Waals surface area contributed by atoms with Gasteiger partial charge in [0.05, 0.1) is 12.8 Å². The molecule has 14 heavy (non-hydrogen) atoms. The summed E-state index contributed by atoms with van der Waals surface area (Å²) in [5, 5.41) is 3.03. The van der Waals surface area contributed by atoms with E-state index in [2.05, 4.69) is 5.32 Å². The van der Waals surface area contributed by atoms with Gasteiger partial charge in [-0.3, -0.25) is 0 Å². The fourth-order valence-corrected chi connectivity index (χ4v) is 1.33. The van der Waals surface area contributed by atoms with Crippen LogP contribution in [-0.2, 0) is 4.79 Å². The molecular weight excluding hydrogens is 182 g/mol. The minimum absolute atomic E-state index is 0.261. The Morgan fingerprint density at radius 2 is 2.29 bits per heavy atom. The van der Waals surface area contributed by atoms with E-state index in [4.69, 9.17) is 9.47 Å². The van der Waals surface area contributed by atoms with Crippen molar-refractivity contribution in [1.29, 1.82) is 0 Å². The number of esters is 1. The lowest BCUT2D eigenvalue weighted by atomic mass is 10.2. The molecule has 1 aliphatic rings. The van der Waals surface area contributed by atoms with Crippen LogP contribution in [0, 0.1) is 0 Å². The van der Waals surface area contributed by atoms with E-state index in [-0.39, 0.29) is 12.0 Å². The predicted molar refractivity (Wildman–Crippen MR) is 51.7 cm³/mol. The summed E-state index contributed by atoms with van der Waals surface area (Å²) in [5.41, 5.74) is 0.788. The van der Waals surface area contributed by atoms with Gasteiger partial charge in [0, 0.05) is 6.07 Å². The molecule has 1 atom stereocenters. The fourth-order valence-electron chi connectivity index (χ4n) is 1.33. The quantitative estimate of drug-likeness (QED) is 0.541. The van der Waals surface area contributed by atoms with Gasteiger partial charge in [0.2, 0.25) is 0 Å². The molecule has 1 aliphatic heterocycles. The Hall–Kier alpha value is -1.71. The Bertz CT molecular complexity index is 376. The van der Waals surface area contributed by atoms with Crippen LogP contribution in [0.2, 0.25) is 0 Å². The summed E-state index contributed by atoms with van der Waals surface area (Å²) < 4.78 is 10.1. The van der Waals surface area contributed by atoms with Crippen LogP contribution in [0.5, 0.6) is 11.5 Å². The SMILES string of the molecule is COc1ccc2c(c1)NC(C)C(=O)O2. The summed E-state index contributed by atoms with van der Waals surface area (Å²) in [5.74, 6) is 1.03. The molecule has 0 aromatic heterocycles. The lowest BCUT2D eigenvalue weighted by Crippen LogP contribution is -2.34. The highest BCUT2D eigenvalue weighted by Gasteiger charge is 2.23. The van der Waals surface area contributed by atoms with Crippen LogP contribution < -0.4 is 14.8 Å². The first-order valence-electron chi connectivity index (χ1n) is 4.37. The Morgan fingerprint density at radius 3 is 3.00 bits per heavy atom. The van der Waals surface area contributed by atoms with Gasteiger partial charge < -0.3 is 14.8 Å². The van der Waals surface area contributed by atoms with E-state index in [0.29, 0.717) is 5.75 Å². The molecule has 1 aromatic rings. The number of carbonyl (C=O) groups is 1. The second-order valence-corrected chi connectivity index (χ2v) is 3.15. The molecule has 1 heterocycles. The van der Waals surface area contributed by atoms with E-state index < -0.39 is 0 Å². The van der Waals surface area contributed by atoms with Crippen LogP contribution in [0.1, 0.15) is 6.92 Å². The first-order valence-corrected chi connectivity index (χ1v) is 4.37. The molecule has 0 saturated heterocycles. The van der Waals surface area contributed by atoms with Crippen LogP contribution in [0.15, 0.2) is 18.2 Å². The van der Waals surface area contributed by atoms with Gasteiger partial charge in [0.1, 0.15) is 11.8 Å². The number of hydrogen-bond donors (Lipinski definition) is 1. The topological polar surface area (TPSA) is 47.6 Å². The zero-order valence-corrected chi connectivity index (χ0v) is 8.03. The molecule has 1 N–H and O–H groups in total. The zero-order valence-electron chi connectivity index (χ0n) is 8.03. The highest BCUT2D eigenvalue weighted by atomic mass is 16.5. The van der Waals surface area contributed by atoms with Crippen LogP contribution in [-0.4, -0.2) is 19.1 Å². The Labute approximate surface area is 81.8 Å². The maximum atomic E-state index is 11.2. The fraction of sp³-hybridized carbons (Fsp3) is 0.300. The minimum atomic E-state index is -0.311. The summed E-state index contributed by atoms with van der Waals surface area (Å²) in [6.45, 7) is 1.75. The van der Waals surface area contributed by atoms with Crippen molar-refractivity contribution in [2.75, 3.05) is 12.4 Å². The first kappa shape index (κ1) is 8.87. The van der Waals surface area contributed by atoms with Crippen LogP contribution in [0.3, 0.4) is 0 Å². The van der Waals surface area contributed by atoms with Crippen LogP contribution in [0.25, 0.3) is 0 Å². The van der Waals surface area contributed by atoms with E-state index in [1.807, 2.05) is 0 Å². The summed E-state index contributed by atoms with van der Waals surface area (Å²) in [4.78, 5) is 11.2. The Balaban J connectivity index is 2.37. The summed E-state index contributed by atoms with van der Waals surface area (Å²) in [6.07, 6.45) is 0. The van der Waals surface area contributed by atoms with Crippen molar-refractivity contribution in [2.24, 2.45) is 0 Å². The molecule has 0 spiro atoms. The van der Waals surface area contributed by atoms with E-state index >= 15 is 0 Å². The van der Waals surface area contributed by atoms with Crippen molar-refractivity contribution < 1.29 is 14.3 Å². The van der Waals surface area contributed by atoms with Crippen molar-refractivity contribution in [1.82, 2.24) is 0 Å². The maximum absolute atomic E-state index is 11.2. The molecule has 74 valence electrons. The van der Waals surface area contributed by atoms with E-state index in [1.54, 1.807) is 32.2 Å². The van der Waals surface area contributed by atoms with Crippen molar-refractivity contribution >= 4 is 11.7 Å². The van der Waals surface area contributed by atoms with E-state index in [1.165, 1.54) is 0 Å². The third-order valence-corrected chi connectivity index (χ3v) is 2.12. The first-order chi connectivity index (χ1) is 6.70. The number of hydrogen-bond acceptors (Lipinski definition) is 4. The second kappa shape index (κ2) is 3.21. The number of nitrogens with one attached hydrogen (secondary N) is 1. The Morgan fingerprint density at radius 1 is 1.50 bits per heavy atom. The van der Waals surface area contributed by atoms with Gasteiger partial charge in [-0.25, -0.2) is 4.79 Å². The number of anilines is 1. The average Bonchev–Trinajstić information content (AvgIpc) is 2.19. The molecule has 1 unspecified atom stereocenters. The van der Waals surface area contributed by atoms with E-state index in [0.717, 1.165) is 11.4 Å². The highest BCUT2D eigenvalue weighted by molar-refractivity contribution is 5.86. The molecule has 2 rings (SSSR count). The minimum Gasteiger partial charge on any atom is -0.497 e. The molecule has 4 heteroatoms. The van der Waals surface area contributed by atoms with Crippen molar-refractivity contribution in [3.05, 3.63) is 18.2 Å².